The van der Waals surface area contributed by atoms with Crippen molar-refractivity contribution in [1.82, 2.24) is 14.7 Å². The van der Waals surface area contributed by atoms with Gasteiger partial charge in [-0.25, -0.2) is 4.98 Å². The second-order valence-electron chi connectivity index (χ2n) is 6.40. The Balaban J connectivity index is 1.48. The average molecular weight is 307 g/mol. The first-order valence-electron chi connectivity index (χ1n) is 8.13. The number of rotatable bonds is 5. The second-order valence-corrected chi connectivity index (χ2v) is 6.40. The first-order chi connectivity index (χ1) is 11.3. The third kappa shape index (κ3) is 2.54. The zero-order valence-corrected chi connectivity index (χ0v) is 13.1. The molecule has 0 saturated carbocycles. The third-order valence-electron chi connectivity index (χ3n) is 4.95. The summed E-state index contributed by atoms with van der Waals surface area (Å²) in [5, 5.41) is 13.5. The smallest absolute Gasteiger partial charge is 0.137 e. The highest BCUT2D eigenvalue weighted by atomic mass is 16.3. The number of fused-ring (bicyclic) bond motifs is 2. The minimum absolute atomic E-state index is 0.157. The molecular formula is C19H21N3O. The van der Waals surface area contributed by atoms with Crippen molar-refractivity contribution < 1.29 is 5.11 Å². The molecule has 0 aliphatic heterocycles. The van der Waals surface area contributed by atoms with E-state index in [1.165, 1.54) is 11.1 Å². The van der Waals surface area contributed by atoms with Crippen LogP contribution in [0.4, 0.5) is 0 Å². The lowest BCUT2D eigenvalue weighted by Crippen LogP contribution is -2.39. The van der Waals surface area contributed by atoms with Gasteiger partial charge in [-0.2, -0.15) is 0 Å². The first-order valence-corrected chi connectivity index (χ1v) is 8.13. The molecular weight excluding hydrogens is 286 g/mol. The number of nitrogens with zero attached hydrogens (tertiary/aromatic N) is 2. The molecule has 1 unspecified atom stereocenters. The normalized spacial score (nSPS) is 20.0. The van der Waals surface area contributed by atoms with E-state index in [0.29, 0.717) is 6.54 Å². The Bertz CT molecular complexity index is 793. The summed E-state index contributed by atoms with van der Waals surface area (Å²) in [6.07, 6.45) is 6.11. The van der Waals surface area contributed by atoms with Gasteiger partial charge in [0, 0.05) is 30.9 Å². The van der Waals surface area contributed by atoms with Gasteiger partial charge in [-0.1, -0.05) is 30.3 Å². The average Bonchev–Trinajstić information content (AvgIpc) is 3.17. The van der Waals surface area contributed by atoms with Crippen molar-refractivity contribution in [3.05, 3.63) is 71.7 Å². The quantitative estimate of drug-likeness (QED) is 0.760. The molecule has 3 aromatic rings. The molecule has 0 fully saturated rings. The van der Waals surface area contributed by atoms with Crippen LogP contribution in [0.15, 0.2) is 54.9 Å². The van der Waals surface area contributed by atoms with Crippen LogP contribution >= 0.6 is 0 Å². The monoisotopic (exact) mass is 307 g/mol. The van der Waals surface area contributed by atoms with Gasteiger partial charge in [0.1, 0.15) is 5.65 Å². The molecule has 1 aliphatic carbocycles. The van der Waals surface area contributed by atoms with E-state index in [0.717, 1.165) is 30.7 Å². The predicted octanol–water partition coefficient (Wildman–Crippen LogP) is 2.30. The van der Waals surface area contributed by atoms with Crippen molar-refractivity contribution in [3.63, 3.8) is 0 Å². The van der Waals surface area contributed by atoms with Crippen molar-refractivity contribution in [3.8, 4) is 0 Å². The Labute approximate surface area is 135 Å². The first kappa shape index (κ1) is 14.4. The van der Waals surface area contributed by atoms with Gasteiger partial charge in [-0.15, -0.1) is 0 Å². The number of nitrogens with one attached hydrogen (secondary N) is 1. The van der Waals surface area contributed by atoms with Crippen molar-refractivity contribution >= 4 is 5.65 Å². The molecule has 1 atom stereocenters. The number of aliphatic hydroxyl groups excluding tert-OH is 1. The van der Waals surface area contributed by atoms with Crippen molar-refractivity contribution in [2.24, 2.45) is 0 Å². The zero-order chi connectivity index (χ0) is 15.7. The molecule has 0 saturated heterocycles. The van der Waals surface area contributed by atoms with E-state index in [9.17, 15) is 5.11 Å². The molecule has 118 valence electrons. The van der Waals surface area contributed by atoms with Crippen LogP contribution in [0.25, 0.3) is 5.65 Å². The van der Waals surface area contributed by atoms with Crippen molar-refractivity contribution in [2.45, 2.75) is 24.8 Å². The Morgan fingerprint density at radius 3 is 2.91 bits per heavy atom. The summed E-state index contributed by atoms with van der Waals surface area (Å²) in [7, 11) is 0. The predicted molar refractivity (Wildman–Crippen MR) is 90.4 cm³/mol. The minimum atomic E-state index is -0.157. The molecule has 0 radical (unpaired) electrons. The summed E-state index contributed by atoms with van der Waals surface area (Å²) in [5.74, 6) is 0. The number of pyridine rings is 1. The van der Waals surface area contributed by atoms with Gasteiger partial charge in [-0.05, 0) is 36.1 Å². The molecule has 4 rings (SSSR count). The fourth-order valence-electron chi connectivity index (χ4n) is 3.67. The zero-order valence-electron chi connectivity index (χ0n) is 13.1. The largest absolute Gasteiger partial charge is 0.395 e. The number of aliphatic hydroxyl groups is 1. The molecule has 4 nitrogen and oxygen atoms in total. The van der Waals surface area contributed by atoms with Crippen LogP contribution in [-0.4, -0.2) is 27.6 Å². The van der Waals surface area contributed by atoms with E-state index in [1.807, 2.05) is 28.8 Å². The van der Waals surface area contributed by atoms with Gasteiger partial charge >= 0.3 is 0 Å². The van der Waals surface area contributed by atoms with E-state index in [-0.39, 0.29) is 12.0 Å². The maximum atomic E-state index is 10.0. The molecule has 0 spiro atoms. The van der Waals surface area contributed by atoms with Crippen LogP contribution in [0.1, 0.15) is 23.2 Å². The number of hydrogen-bond donors (Lipinski definition) is 2. The van der Waals surface area contributed by atoms with E-state index in [4.69, 9.17) is 0 Å². The summed E-state index contributed by atoms with van der Waals surface area (Å²) in [6, 6.07) is 14.5. The molecule has 1 aliphatic rings. The lowest BCUT2D eigenvalue weighted by Gasteiger charge is -2.28. The van der Waals surface area contributed by atoms with Crippen molar-refractivity contribution in [2.75, 3.05) is 13.2 Å². The summed E-state index contributed by atoms with van der Waals surface area (Å²) >= 11 is 0. The molecule has 23 heavy (non-hydrogen) atoms. The van der Waals surface area contributed by atoms with Gasteiger partial charge in [0.05, 0.1) is 12.3 Å². The highest BCUT2D eigenvalue weighted by molar-refractivity contribution is 5.40. The van der Waals surface area contributed by atoms with Gasteiger partial charge in [-0.3, -0.25) is 0 Å². The summed E-state index contributed by atoms with van der Waals surface area (Å²) in [6.45, 7) is 1.67. The molecule has 0 bridgehead atoms. The number of aryl methyl sites for hydroxylation is 1. The van der Waals surface area contributed by atoms with Crippen LogP contribution in [0.3, 0.4) is 0 Å². The fraction of sp³-hybridized carbons (Fsp3) is 0.316. The van der Waals surface area contributed by atoms with Crippen LogP contribution in [-0.2, 0) is 18.4 Å². The Hall–Kier alpha value is -2.17. The Morgan fingerprint density at radius 2 is 2.04 bits per heavy atom. The van der Waals surface area contributed by atoms with E-state index in [2.05, 4.69) is 40.8 Å². The van der Waals surface area contributed by atoms with Crippen LogP contribution in [0, 0.1) is 0 Å². The lowest BCUT2D eigenvalue weighted by atomic mass is 9.82. The molecule has 4 heteroatoms. The highest BCUT2D eigenvalue weighted by Gasteiger charge is 2.37. The fourth-order valence-corrected chi connectivity index (χ4v) is 3.67. The number of aromatic nitrogens is 2. The van der Waals surface area contributed by atoms with E-state index >= 15 is 0 Å². The highest BCUT2D eigenvalue weighted by Crippen LogP contribution is 2.38. The number of hydrogen-bond acceptors (Lipinski definition) is 3. The minimum Gasteiger partial charge on any atom is -0.395 e. The summed E-state index contributed by atoms with van der Waals surface area (Å²) in [4.78, 5) is 4.61. The summed E-state index contributed by atoms with van der Waals surface area (Å²) in [5.41, 5.74) is 4.50. The van der Waals surface area contributed by atoms with Crippen LogP contribution < -0.4 is 5.32 Å². The standard InChI is InChI=1S/C19H21N3O/c23-14-19(9-8-15-5-1-2-6-17(15)19)13-20-11-16-12-22-10-4-3-7-18(22)21-16/h1-7,10,12,20,23H,8-9,11,13-14H2. The summed E-state index contributed by atoms with van der Waals surface area (Å²) < 4.78 is 2.03. The van der Waals surface area contributed by atoms with E-state index < -0.39 is 0 Å². The third-order valence-corrected chi connectivity index (χ3v) is 4.95. The lowest BCUT2D eigenvalue weighted by molar-refractivity contribution is 0.188. The molecule has 2 aromatic heterocycles. The number of benzene rings is 1. The maximum Gasteiger partial charge on any atom is 0.137 e. The Kier molecular flexibility index (Phi) is 3.63. The van der Waals surface area contributed by atoms with Crippen molar-refractivity contribution in [1.29, 1.82) is 0 Å². The van der Waals surface area contributed by atoms with Crippen LogP contribution in [0.5, 0.6) is 0 Å². The Morgan fingerprint density at radius 1 is 1.17 bits per heavy atom. The van der Waals surface area contributed by atoms with Gasteiger partial charge < -0.3 is 14.8 Å². The molecule has 2 heterocycles. The van der Waals surface area contributed by atoms with Gasteiger partial charge in [0.2, 0.25) is 0 Å². The van der Waals surface area contributed by atoms with Gasteiger partial charge in [0.25, 0.3) is 0 Å². The maximum absolute atomic E-state index is 10.0. The molecule has 1 aromatic carbocycles. The SMILES string of the molecule is OCC1(CNCc2cn3ccccc3n2)CCc2ccccc21. The molecule has 2 N–H and O–H groups in total. The molecule has 0 amide bonds. The topological polar surface area (TPSA) is 49.6 Å². The second kappa shape index (κ2) is 5.80. The van der Waals surface area contributed by atoms with E-state index in [1.54, 1.807) is 0 Å². The van der Waals surface area contributed by atoms with Gasteiger partial charge in [0.15, 0.2) is 0 Å². The number of imidazole rings is 1. The van der Waals surface area contributed by atoms with Crippen LogP contribution in [0.2, 0.25) is 0 Å².